The summed E-state index contributed by atoms with van der Waals surface area (Å²) in [6.07, 6.45) is 1.96. The Labute approximate surface area is 104 Å². The summed E-state index contributed by atoms with van der Waals surface area (Å²) in [6, 6.07) is 7.80. The van der Waals surface area contributed by atoms with Crippen molar-refractivity contribution in [2.45, 2.75) is 20.8 Å². The van der Waals surface area contributed by atoms with Gasteiger partial charge in [-0.1, -0.05) is 13.0 Å². The lowest BCUT2D eigenvalue weighted by atomic mass is 10.1. The third kappa shape index (κ3) is 3.74. The van der Waals surface area contributed by atoms with Crippen LogP contribution in [0, 0.1) is 5.92 Å². The maximum atomic E-state index is 11.2. The molecular weight excluding hydrogens is 210 g/mol. The smallest absolute Gasteiger partial charge is 0.159 e. The molecule has 0 aromatic heterocycles. The molecule has 0 fully saturated rings. The molecule has 1 aromatic carbocycles. The molecule has 0 saturated carbocycles. The number of hydrogen-bond donors (Lipinski definition) is 0. The first-order valence-corrected chi connectivity index (χ1v) is 6.07. The Morgan fingerprint density at radius 3 is 2.41 bits per heavy atom. The second-order valence-electron chi connectivity index (χ2n) is 4.35. The predicted molar refractivity (Wildman–Crippen MR) is 73.7 cm³/mol. The minimum absolute atomic E-state index is 0.110. The lowest BCUT2D eigenvalue weighted by Crippen LogP contribution is -2.27. The average molecular weight is 231 g/mol. The van der Waals surface area contributed by atoms with Crippen molar-refractivity contribution >= 4 is 11.5 Å². The van der Waals surface area contributed by atoms with Crippen LogP contribution >= 0.6 is 0 Å². The summed E-state index contributed by atoms with van der Waals surface area (Å²) in [5.74, 6) is 0.571. The summed E-state index contributed by atoms with van der Waals surface area (Å²) in [5.41, 5.74) is 1.92. The Bertz CT molecular complexity index is 380. The molecule has 17 heavy (non-hydrogen) atoms. The Morgan fingerprint density at radius 2 is 2.00 bits per heavy atom. The molecule has 0 aliphatic heterocycles. The van der Waals surface area contributed by atoms with E-state index in [4.69, 9.17) is 0 Å². The number of nitrogens with zero attached hydrogens (tertiary/aromatic N) is 1. The Morgan fingerprint density at radius 1 is 1.41 bits per heavy atom. The zero-order valence-corrected chi connectivity index (χ0v) is 10.9. The highest BCUT2D eigenvalue weighted by Gasteiger charge is 2.07. The first kappa shape index (κ1) is 13.5. The molecule has 0 heterocycles. The maximum Gasteiger partial charge on any atom is 0.159 e. The lowest BCUT2D eigenvalue weighted by Gasteiger charge is -2.25. The van der Waals surface area contributed by atoms with E-state index in [9.17, 15) is 4.79 Å². The van der Waals surface area contributed by atoms with E-state index in [1.54, 1.807) is 6.92 Å². The third-order valence-corrected chi connectivity index (χ3v) is 2.93. The van der Waals surface area contributed by atoms with E-state index in [1.165, 1.54) is 0 Å². The van der Waals surface area contributed by atoms with Crippen molar-refractivity contribution in [1.82, 2.24) is 0 Å². The third-order valence-electron chi connectivity index (χ3n) is 2.93. The zero-order chi connectivity index (χ0) is 12.8. The topological polar surface area (TPSA) is 20.3 Å². The molecule has 0 N–H and O–H groups in total. The van der Waals surface area contributed by atoms with E-state index < -0.39 is 0 Å². The second kappa shape index (κ2) is 6.24. The predicted octanol–water partition coefficient (Wildman–Crippen LogP) is 3.54. The highest BCUT2D eigenvalue weighted by atomic mass is 16.1. The van der Waals surface area contributed by atoms with Crippen molar-refractivity contribution < 1.29 is 4.79 Å². The van der Waals surface area contributed by atoms with Gasteiger partial charge in [0.15, 0.2) is 5.78 Å². The maximum absolute atomic E-state index is 11.2. The fourth-order valence-electron chi connectivity index (χ4n) is 1.75. The monoisotopic (exact) mass is 231 g/mol. The first-order chi connectivity index (χ1) is 8.08. The van der Waals surface area contributed by atoms with Crippen molar-refractivity contribution in [2.75, 3.05) is 18.0 Å². The Balaban J connectivity index is 2.82. The summed E-state index contributed by atoms with van der Waals surface area (Å²) < 4.78 is 0. The highest BCUT2D eigenvalue weighted by molar-refractivity contribution is 5.94. The summed E-state index contributed by atoms with van der Waals surface area (Å²) in [6.45, 7) is 11.6. The van der Waals surface area contributed by atoms with Crippen molar-refractivity contribution in [3.05, 3.63) is 42.5 Å². The van der Waals surface area contributed by atoms with Crippen molar-refractivity contribution in [2.24, 2.45) is 5.92 Å². The number of ketones is 1. The molecule has 0 bridgehead atoms. The second-order valence-corrected chi connectivity index (χ2v) is 4.35. The summed E-state index contributed by atoms with van der Waals surface area (Å²) in [7, 11) is 0. The molecule has 1 atom stereocenters. The fourth-order valence-corrected chi connectivity index (χ4v) is 1.75. The molecule has 2 nitrogen and oxygen atoms in total. The van der Waals surface area contributed by atoms with Gasteiger partial charge >= 0.3 is 0 Å². The molecule has 0 aliphatic carbocycles. The van der Waals surface area contributed by atoms with Crippen LogP contribution in [0.25, 0.3) is 0 Å². The van der Waals surface area contributed by atoms with E-state index >= 15 is 0 Å². The van der Waals surface area contributed by atoms with Gasteiger partial charge in [-0.2, -0.15) is 0 Å². The van der Waals surface area contributed by atoms with Gasteiger partial charge in [-0.15, -0.1) is 6.58 Å². The van der Waals surface area contributed by atoms with E-state index in [0.717, 1.165) is 24.3 Å². The molecule has 1 aromatic rings. The Kier molecular flexibility index (Phi) is 4.95. The number of Topliss-reactive ketones (excluding diaryl/α,β-unsaturated/α-hetero) is 1. The van der Waals surface area contributed by atoms with Gasteiger partial charge in [-0.3, -0.25) is 4.79 Å². The largest absolute Gasteiger partial charge is 0.371 e. The molecule has 1 rings (SSSR count). The summed E-state index contributed by atoms with van der Waals surface area (Å²) in [5, 5.41) is 0. The van der Waals surface area contributed by atoms with Crippen molar-refractivity contribution in [1.29, 1.82) is 0 Å². The van der Waals surface area contributed by atoms with Crippen LogP contribution in [-0.2, 0) is 0 Å². The standard InChI is InChI=1S/C15H21NO/c1-5-12(3)11-16(6-2)15-9-7-14(8-10-15)13(4)17/h5,7-10,12H,1,6,11H2,2-4H3. The van der Waals surface area contributed by atoms with Gasteiger partial charge in [-0.25, -0.2) is 0 Å². The Hall–Kier alpha value is -1.57. The quantitative estimate of drug-likeness (QED) is 0.551. The van der Waals surface area contributed by atoms with Crippen LogP contribution in [0.15, 0.2) is 36.9 Å². The lowest BCUT2D eigenvalue weighted by molar-refractivity contribution is 0.101. The van der Waals surface area contributed by atoms with Crippen LogP contribution in [0.4, 0.5) is 5.69 Å². The molecule has 0 amide bonds. The van der Waals surface area contributed by atoms with E-state index in [0.29, 0.717) is 5.92 Å². The molecule has 0 radical (unpaired) electrons. The van der Waals surface area contributed by atoms with E-state index in [2.05, 4.69) is 25.3 Å². The van der Waals surface area contributed by atoms with Gasteiger partial charge in [-0.05, 0) is 44.0 Å². The van der Waals surface area contributed by atoms with Gasteiger partial charge in [0, 0.05) is 24.3 Å². The van der Waals surface area contributed by atoms with Crippen LogP contribution in [0.3, 0.4) is 0 Å². The van der Waals surface area contributed by atoms with Gasteiger partial charge in [0.1, 0.15) is 0 Å². The van der Waals surface area contributed by atoms with E-state index in [1.807, 2.05) is 30.3 Å². The van der Waals surface area contributed by atoms with Gasteiger partial charge in [0.2, 0.25) is 0 Å². The average Bonchev–Trinajstić information content (AvgIpc) is 2.35. The number of hydrogen-bond acceptors (Lipinski definition) is 2. The highest BCUT2D eigenvalue weighted by Crippen LogP contribution is 2.17. The molecule has 92 valence electrons. The number of carbonyl (C=O) groups excluding carboxylic acids is 1. The minimum atomic E-state index is 0.110. The summed E-state index contributed by atoms with van der Waals surface area (Å²) in [4.78, 5) is 13.5. The molecule has 1 unspecified atom stereocenters. The SMILES string of the molecule is C=CC(C)CN(CC)c1ccc(C(C)=O)cc1. The first-order valence-electron chi connectivity index (χ1n) is 6.07. The fraction of sp³-hybridized carbons (Fsp3) is 0.400. The molecule has 0 spiro atoms. The minimum Gasteiger partial charge on any atom is -0.371 e. The molecular formula is C15H21NO. The van der Waals surface area contributed by atoms with Crippen LogP contribution in [0.5, 0.6) is 0 Å². The zero-order valence-electron chi connectivity index (χ0n) is 10.9. The van der Waals surface area contributed by atoms with Crippen molar-refractivity contribution in [3.63, 3.8) is 0 Å². The van der Waals surface area contributed by atoms with Crippen molar-refractivity contribution in [3.8, 4) is 0 Å². The van der Waals surface area contributed by atoms with Crippen LogP contribution in [0.1, 0.15) is 31.1 Å². The molecule has 0 saturated heterocycles. The van der Waals surface area contributed by atoms with E-state index in [-0.39, 0.29) is 5.78 Å². The normalized spacial score (nSPS) is 11.9. The van der Waals surface area contributed by atoms with Crippen LogP contribution < -0.4 is 4.90 Å². The summed E-state index contributed by atoms with van der Waals surface area (Å²) >= 11 is 0. The number of rotatable bonds is 6. The number of carbonyl (C=O) groups is 1. The number of anilines is 1. The van der Waals surface area contributed by atoms with Crippen LogP contribution in [-0.4, -0.2) is 18.9 Å². The van der Waals surface area contributed by atoms with Gasteiger partial charge in [0.05, 0.1) is 0 Å². The van der Waals surface area contributed by atoms with Gasteiger partial charge in [0.25, 0.3) is 0 Å². The van der Waals surface area contributed by atoms with Gasteiger partial charge < -0.3 is 4.90 Å². The van der Waals surface area contributed by atoms with Crippen LogP contribution in [0.2, 0.25) is 0 Å². The molecule has 0 aliphatic rings. The molecule has 2 heteroatoms. The number of benzene rings is 1.